The Kier molecular flexibility index (Phi) is 4.61. The zero-order chi connectivity index (χ0) is 15.2. The number of amides is 1. The number of imidazole rings is 1. The molecule has 0 spiro atoms. The molecule has 112 valence electrons. The predicted octanol–water partition coefficient (Wildman–Crippen LogP) is -1.61. The number of H-pyrrole nitrogens is 1. The number of carboxylic acid groups (broad SMARTS) is 1. The first kappa shape index (κ1) is 14.7. The largest absolute Gasteiger partial charge is 0.480 e. The molecule has 2 aromatic heterocycles. The van der Waals surface area contributed by atoms with Crippen molar-refractivity contribution in [3.63, 3.8) is 0 Å². The van der Waals surface area contributed by atoms with Gasteiger partial charge in [0.25, 0.3) is 5.91 Å². The van der Waals surface area contributed by atoms with E-state index < -0.39 is 17.9 Å². The number of carbonyl (C=O) groups is 2. The highest BCUT2D eigenvalue weighted by Crippen LogP contribution is 2.01. The molecule has 0 aliphatic rings. The van der Waals surface area contributed by atoms with Crippen molar-refractivity contribution in [1.82, 2.24) is 30.3 Å². The zero-order valence-corrected chi connectivity index (χ0v) is 11.1. The van der Waals surface area contributed by atoms with Gasteiger partial charge in [0.15, 0.2) is 5.69 Å². The van der Waals surface area contributed by atoms with Crippen LogP contribution < -0.4 is 11.1 Å². The third-order valence-electron chi connectivity index (χ3n) is 2.71. The summed E-state index contributed by atoms with van der Waals surface area (Å²) in [6.07, 6.45) is 4.45. The van der Waals surface area contributed by atoms with E-state index in [1.807, 2.05) is 0 Å². The molecule has 5 N–H and O–H groups in total. The molecule has 0 aliphatic heterocycles. The Morgan fingerprint density at radius 3 is 2.95 bits per heavy atom. The van der Waals surface area contributed by atoms with E-state index in [0.29, 0.717) is 18.8 Å². The van der Waals surface area contributed by atoms with Crippen molar-refractivity contribution in [2.24, 2.45) is 5.73 Å². The molecule has 2 rings (SSSR count). The van der Waals surface area contributed by atoms with Crippen LogP contribution in [0.1, 0.15) is 16.2 Å². The normalized spacial score (nSPS) is 12.0. The van der Waals surface area contributed by atoms with E-state index >= 15 is 0 Å². The molecule has 21 heavy (non-hydrogen) atoms. The lowest BCUT2D eigenvalue weighted by Gasteiger charge is -2.12. The van der Waals surface area contributed by atoms with Crippen molar-refractivity contribution >= 4 is 11.9 Å². The number of aromatic amines is 1. The molecule has 2 heterocycles. The number of rotatable bonds is 7. The summed E-state index contributed by atoms with van der Waals surface area (Å²) in [6, 6.07) is -1.09. The fourth-order valence-electron chi connectivity index (χ4n) is 1.69. The predicted molar refractivity (Wildman–Crippen MR) is 70.3 cm³/mol. The summed E-state index contributed by atoms with van der Waals surface area (Å²) in [5, 5.41) is 18.9. The highest BCUT2D eigenvalue weighted by molar-refractivity contribution is 5.94. The summed E-state index contributed by atoms with van der Waals surface area (Å²) in [5.41, 5.74) is 6.01. The van der Waals surface area contributed by atoms with Gasteiger partial charge in [0.2, 0.25) is 0 Å². The lowest BCUT2D eigenvalue weighted by Crippen LogP contribution is -2.42. The second kappa shape index (κ2) is 6.61. The van der Waals surface area contributed by atoms with Gasteiger partial charge in [-0.15, -0.1) is 5.10 Å². The van der Waals surface area contributed by atoms with E-state index in [9.17, 15) is 9.59 Å². The number of carbonyl (C=O) groups excluding carboxylic acids is 1. The number of nitrogens with zero attached hydrogens (tertiary/aromatic N) is 4. The molecule has 1 amide bonds. The Morgan fingerprint density at radius 2 is 2.33 bits per heavy atom. The Balaban J connectivity index is 2.01. The summed E-state index contributed by atoms with van der Waals surface area (Å²) >= 11 is 0. The van der Waals surface area contributed by atoms with Crippen LogP contribution in [0.4, 0.5) is 0 Å². The van der Waals surface area contributed by atoms with Crippen LogP contribution in [0.3, 0.4) is 0 Å². The van der Waals surface area contributed by atoms with Crippen LogP contribution in [0.15, 0.2) is 18.7 Å². The fourth-order valence-corrected chi connectivity index (χ4v) is 1.69. The smallest absolute Gasteiger partial charge is 0.326 e. The second-order valence-corrected chi connectivity index (χ2v) is 4.30. The van der Waals surface area contributed by atoms with Crippen molar-refractivity contribution in [3.8, 4) is 0 Å². The van der Waals surface area contributed by atoms with Gasteiger partial charge in [0.05, 0.1) is 19.1 Å². The first-order valence-electron chi connectivity index (χ1n) is 6.21. The molecule has 2 aromatic rings. The van der Waals surface area contributed by atoms with Gasteiger partial charge in [-0.2, -0.15) is 0 Å². The Labute approximate surface area is 119 Å². The van der Waals surface area contributed by atoms with Gasteiger partial charge < -0.3 is 21.1 Å². The molecule has 10 nitrogen and oxygen atoms in total. The van der Waals surface area contributed by atoms with Crippen LogP contribution in [0.5, 0.6) is 0 Å². The molecule has 10 heteroatoms. The van der Waals surface area contributed by atoms with Crippen molar-refractivity contribution in [1.29, 1.82) is 0 Å². The van der Waals surface area contributed by atoms with Crippen LogP contribution >= 0.6 is 0 Å². The zero-order valence-electron chi connectivity index (χ0n) is 11.1. The molecule has 0 aromatic carbocycles. The third-order valence-corrected chi connectivity index (χ3v) is 2.71. The summed E-state index contributed by atoms with van der Waals surface area (Å²) < 4.78 is 1.42. The number of aliphatic carboxylic acids is 1. The van der Waals surface area contributed by atoms with Crippen molar-refractivity contribution in [3.05, 3.63) is 30.1 Å². The average molecular weight is 293 g/mol. The molecule has 0 radical (unpaired) electrons. The fraction of sp³-hybridized carbons (Fsp3) is 0.364. The Hall–Kier alpha value is -2.75. The first-order valence-corrected chi connectivity index (χ1v) is 6.21. The maximum Gasteiger partial charge on any atom is 0.326 e. The number of nitrogens with one attached hydrogen (secondary N) is 2. The number of hydrogen-bond donors (Lipinski definition) is 4. The molecule has 0 saturated heterocycles. The van der Waals surface area contributed by atoms with Gasteiger partial charge in [-0.1, -0.05) is 5.21 Å². The number of aromatic nitrogens is 5. The number of hydrogen-bond acceptors (Lipinski definition) is 6. The van der Waals surface area contributed by atoms with Crippen molar-refractivity contribution in [2.75, 3.05) is 6.54 Å². The maximum atomic E-state index is 12.0. The third kappa shape index (κ3) is 3.86. The quantitative estimate of drug-likeness (QED) is 0.479. The van der Waals surface area contributed by atoms with Gasteiger partial charge in [-0.05, 0) is 0 Å². The average Bonchev–Trinajstić information content (AvgIpc) is 3.09. The van der Waals surface area contributed by atoms with E-state index in [1.165, 1.54) is 23.4 Å². The van der Waals surface area contributed by atoms with E-state index in [0.717, 1.165) is 0 Å². The minimum Gasteiger partial charge on any atom is -0.480 e. The molecule has 0 bridgehead atoms. The SMILES string of the molecule is NCCn1cc(C(=O)N[C@H](Cc2cnc[nH]2)C(=O)O)nn1. The standard InChI is InChI=1S/C11H15N7O3/c12-1-2-18-5-9(16-17-18)10(19)15-8(11(20)21)3-7-4-13-6-14-7/h4-6,8H,1-3,12H2,(H,13,14)(H,15,19)(H,20,21)/t8-/m1/s1. The van der Waals surface area contributed by atoms with Crippen LogP contribution in [0.2, 0.25) is 0 Å². The summed E-state index contributed by atoms with van der Waals surface area (Å²) in [7, 11) is 0. The molecular formula is C11H15N7O3. The molecule has 0 saturated carbocycles. The topological polar surface area (TPSA) is 152 Å². The van der Waals surface area contributed by atoms with E-state index in [1.54, 1.807) is 0 Å². The highest BCUT2D eigenvalue weighted by Gasteiger charge is 2.23. The Bertz CT molecular complexity index is 607. The monoisotopic (exact) mass is 293 g/mol. The van der Waals surface area contributed by atoms with Crippen LogP contribution in [0.25, 0.3) is 0 Å². The maximum absolute atomic E-state index is 12.0. The minimum atomic E-state index is -1.15. The van der Waals surface area contributed by atoms with E-state index in [-0.39, 0.29) is 12.1 Å². The van der Waals surface area contributed by atoms with Gasteiger partial charge in [-0.3, -0.25) is 9.48 Å². The van der Waals surface area contributed by atoms with Crippen LogP contribution in [0, 0.1) is 0 Å². The number of nitrogens with two attached hydrogens (primary N) is 1. The van der Waals surface area contributed by atoms with Crippen molar-refractivity contribution in [2.45, 2.75) is 19.0 Å². The first-order chi connectivity index (χ1) is 10.1. The second-order valence-electron chi connectivity index (χ2n) is 4.30. The molecule has 0 fully saturated rings. The summed E-state index contributed by atoms with van der Waals surface area (Å²) in [6.45, 7) is 0.790. The van der Waals surface area contributed by atoms with E-state index in [4.69, 9.17) is 10.8 Å². The molecule has 1 atom stereocenters. The molecule has 0 aliphatic carbocycles. The lowest BCUT2D eigenvalue weighted by molar-refractivity contribution is -0.139. The van der Waals surface area contributed by atoms with Crippen LogP contribution in [-0.2, 0) is 17.8 Å². The van der Waals surface area contributed by atoms with E-state index in [2.05, 4.69) is 25.6 Å². The van der Waals surface area contributed by atoms with Crippen molar-refractivity contribution < 1.29 is 14.7 Å². The van der Waals surface area contributed by atoms with Gasteiger partial charge in [0, 0.05) is 24.9 Å². The molecular weight excluding hydrogens is 278 g/mol. The van der Waals surface area contributed by atoms with Crippen LogP contribution in [-0.4, -0.2) is 54.5 Å². The highest BCUT2D eigenvalue weighted by atomic mass is 16.4. The number of carboxylic acids is 1. The van der Waals surface area contributed by atoms with Gasteiger partial charge in [0.1, 0.15) is 6.04 Å². The Morgan fingerprint density at radius 1 is 1.52 bits per heavy atom. The lowest BCUT2D eigenvalue weighted by atomic mass is 10.1. The van der Waals surface area contributed by atoms with Gasteiger partial charge >= 0.3 is 5.97 Å². The summed E-state index contributed by atoms with van der Waals surface area (Å²) in [5.74, 6) is -1.75. The van der Waals surface area contributed by atoms with Gasteiger partial charge in [-0.25, -0.2) is 9.78 Å². The minimum absolute atomic E-state index is 0.0410. The summed E-state index contributed by atoms with van der Waals surface area (Å²) in [4.78, 5) is 29.7. The molecule has 0 unspecified atom stereocenters.